The molecule has 0 unspecified atom stereocenters. The van der Waals surface area contributed by atoms with E-state index in [0.29, 0.717) is 16.9 Å². The molecule has 1 fully saturated rings. The van der Waals surface area contributed by atoms with Gasteiger partial charge in [-0.3, -0.25) is 14.2 Å². The van der Waals surface area contributed by atoms with Crippen LogP contribution in [0.4, 0.5) is 10.2 Å². The Morgan fingerprint density at radius 1 is 1.32 bits per heavy atom. The van der Waals surface area contributed by atoms with Gasteiger partial charge in [0.25, 0.3) is 5.56 Å². The van der Waals surface area contributed by atoms with E-state index in [0.717, 1.165) is 25.7 Å². The van der Waals surface area contributed by atoms with Gasteiger partial charge >= 0.3 is 0 Å². The van der Waals surface area contributed by atoms with Crippen LogP contribution in [0, 0.1) is 5.82 Å². The first-order valence-electron chi connectivity index (χ1n) is 8.44. The highest BCUT2D eigenvalue weighted by molar-refractivity contribution is 9.10. The molecule has 4 rings (SSSR count). The average molecular weight is 405 g/mol. The Bertz CT molecular complexity index is 940. The van der Waals surface area contributed by atoms with Crippen LogP contribution in [0.25, 0.3) is 0 Å². The summed E-state index contributed by atoms with van der Waals surface area (Å²) in [6.45, 7) is 2.12. The fraction of sp³-hybridized carbons (Fsp3) is 0.368. The van der Waals surface area contributed by atoms with Gasteiger partial charge in [0.1, 0.15) is 11.6 Å². The summed E-state index contributed by atoms with van der Waals surface area (Å²) in [4.78, 5) is 25.5. The van der Waals surface area contributed by atoms with E-state index in [9.17, 15) is 14.0 Å². The first kappa shape index (κ1) is 16.5. The molecule has 1 aromatic carbocycles. The second kappa shape index (κ2) is 5.80. The number of ketones is 1. The molecule has 2 aromatic rings. The van der Waals surface area contributed by atoms with E-state index < -0.39 is 5.82 Å². The summed E-state index contributed by atoms with van der Waals surface area (Å²) in [6.07, 6.45) is 4.08. The molecule has 0 amide bonds. The van der Waals surface area contributed by atoms with Crippen molar-refractivity contribution in [2.75, 3.05) is 5.32 Å². The largest absolute Gasteiger partial charge is 0.364 e. The van der Waals surface area contributed by atoms with Crippen LogP contribution in [-0.2, 0) is 0 Å². The Balaban J connectivity index is 1.83. The number of hydrogen-bond acceptors (Lipinski definition) is 3. The summed E-state index contributed by atoms with van der Waals surface area (Å²) in [5, 5.41) is 3.46. The number of aromatic nitrogens is 1. The number of pyridine rings is 1. The van der Waals surface area contributed by atoms with Gasteiger partial charge in [0.15, 0.2) is 5.78 Å². The topological polar surface area (TPSA) is 51.1 Å². The average Bonchev–Trinajstić information content (AvgIpc) is 2.90. The van der Waals surface area contributed by atoms with E-state index in [1.807, 2.05) is 0 Å². The Labute approximate surface area is 153 Å². The van der Waals surface area contributed by atoms with Crippen molar-refractivity contribution in [3.8, 4) is 0 Å². The molecule has 25 heavy (non-hydrogen) atoms. The lowest BCUT2D eigenvalue weighted by Crippen LogP contribution is -2.41. The zero-order chi connectivity index (χ0) is 17.8. The summed E-state index contributed by atoms with van der Waals surface area (Å²) >= 11 is 3.12. The van der Waals surface area contributed by atoms with Gasteiger partial charge < -0.3 is 5.32 Å². The number of fused-ring (bicyclic) bond motifs is 3. The first-order valence-corrected chi connectivity index (χ1v) is 9.23. The Morgan fingerprint density at radius 3 is 2.88 bits per heavy atom. The lowest BCUT2D eigenvalue weighted by atomic mass is 9.80. The Hall–Kier alpha value is -1.95. The Morgan fingerprint density at radius 2 is 2.12 bits per heavy atom. The van der Waals surface area contributed by atoms with Gasteiger partial charge in [0.05, 0.1) is 21.6 Å². The van der Waals surface area contributed by atoms with Crippen molar-refractivity contribution in [1.82, 2.24) is 4.57 Å². The molecule has 2 heterocycles. The van der Waals surface area contributed by atoms with Gasteiger partial charge in [0, 0.05) is 11.6 Å². The van der Waals surface area contributed by atoms with Crippen molar-refractivity contribution < 1.29 is 9.18 Å². The zero-order valence-electron chi connectivity index (χ0n) is 13.8. The number of rotatable bonds is 2. The normalized spacial score (nSPS) is 24.4. The van der Waals surface area contributed by atoms with Gasteiger partial charge in [-0.05, 0) is 60.0 Å². The molecule has 2 aliphatic rings. The number of carbonyl (C=O) groups excluding carboxylic acids is 1. The first-order chi connectivity index (χ1) is 11.9. The molecule has 130 valence electrons. The van der Waals surface area contributed by atoms with Crippen LogP contribution in [0.15, 0.2) is 39.6 Å². The Kier molecular flexibility index (Phi) is 3.83. The molecule has 4 nitrogen and oxygen atoms in total. The number of benzene rings is 1. The quantitative estimate of drug-likeness (QED) is 0.759. The minimum absolute atomic E-state index is 0.0662. The lowest BCUT2D eigenvalue weighted by molar-refractivity contribution is 0.103. The summed E-state index contributed by atoms with van der Waals surface area (Å²) in [5.74, 6) is -0.0470. The molecule has 1 saturated carbocycles. The van der Waals surface area contributed by atoms with Gasteiger partial charge in [-0.2, -0.15) is 0 Å². The highest BCUT2D eigenvalue weighted by Gasteiger charge is 2.45. The van der Waals surface area contributed by atoms with Gasteiger partial charge in [-0.1, -0.05) is 12.8 Å². The fourth-order valence-electron chi connectivity index (χ4n) is 4.11. The van der Waals surface area contributed by atoms with E-state index in [4.69, 9.17) is 0 Å². The van der Waals surface area contributed by atoms with Crippen LogP contribution in [0.1, 0.15) is 54.6 Å². The summed E-state index contributed by atoms with van der Waals surface area (Å²) in [6, 6.07) is 7.30. The summed E-state index contributed by atoms with van der Waals surface area (Å²) in [5.41, 5.74) is 0.546. The molecule has 0 radical (unpaired) electrons. The maximum Gasteiger partial charge on any atom is 0.252 e. The highest BCUT2D eigenvalue weighted by atomic mass is 79.9. The van der Waals surface area contributed by atoms with Gasteiger partial charge in [-0.15, -0.1) is 0 Å². The van der Waals surface area contributed by atoms with E-state index >= 15 is 0 Å². The van der Waals surface area contributed by atoms with Crippen LogP contribution in [0.5, 0.6) is 0 Å². The molecule has 0 bridgehead atoms. The molecule has 1 aliphatic heterocycles. The molecule has 0 saturated heterocycles. The minimum Gasteiger partial charge on any atom is -0.364 e. The van der Waals surface area contributed by atoms with Crippen molar-refractivity contribution in [2.45, 2.75) is 44.2 Å². The number of hydrogen-bond donors (Lipinski definition) is 1. The minimum atomic E-state index is -0.414. The third kappa shape index (κ3) is 2.54. The smallest absolute Gasteiger partial charge is 0.252 e. The molecule has 1 N–H and O–H groups in total. The van der Waals surface area contributed by atoms with Crippen LogP contribution in [0.3, 0.4) is 0 Å². The van der Waals surface area contributed by atoms with Crippen LogP contribution >= 0.6 is 15.9 Å². The predicted molar refractivity (Wildman–Crippen MR) is 97.8 cm³/mol. The van der Waals surface area contributed by atoms with E-state index in [-0.39, 0.29) is 27.4 Å². The van der Waals surface area contributed by atoms with Crippen molar-refractivity contribution in [2.24, 2.45) is 0 Å². The molecule has 2 atom stereocenters. The van der Waals surface area contributed by atoms with Crippen molar-refractivity contribution in [3.63, 3.8) is 0 Å². The maximum atomic E-state index is 13.5. The number of carbonyl (C=O) groups is 1. The lowest BCUT2D eigenvalue weighted by Gasteiger charge is -2.35. The van der Waals surface area contributed by atoms with E-state index in [1.165, 1.54) is 24.3 Å². The zero-order valence-corrected chi connectivity index (χ0v) is 15.4. The monoisotopic (exact) mass is 404 g/mol. The van der Waals surface area contributed by atoms with Gasteiger partial charge in [0.2, 0.25) is 0 Å². The summed E-state index contributed by atoms with van der Waals surface area (Å²) < 4.78 is 15.5. The van der Waals surface area contributed by atoms with Crippen molar-refractivity contribution in [3.05, 3.63) is 62.1 Å². The molecule has 6 heteroatoms. The van der Waals surface area contributed by atoms with Crippen molar-refractivity contribution >= 4 is 27.5 Å². The fourth-order valence-corrected chi connectivity index (χ4v) is 4.49. The van der Waals surface area contributed by atoms with Gasteiger partial charge in [-0.25, -0.2) is 4.39 Å². The third-order valence-electron chi connectivity index (χ3n) is 5.43. The van der Waals surface area contributed by atoms with E-state index in [1.54, 1.807) is 10.6 Å². The highest BCUT2D eigenvalue weighted by Crippen LogP contribution is 2.46. The summed E-state index contributed by atoms with van der Waals surface area (Å²) in [7, 11) is 0. The SMILES string of the molecule is C[C@]12CCCC[C@H]1n1c(c(C(=O)c3ccc(F)c(Br)c3)ccc1=O)N2. The molecule has 1 aliphatic carbocycles. The molecule has 1 aromatic heterocycles. The maximum absolute atomic E-state index is 13.5. The second-order valence-corrected chi connectivity index (χ2v) is 7.92. The van der Waals surface area contributed by atoms with E-state index in [2.05, 4.69) is 28.2 Å². The second-order valence-electron chi connectivity index (χ2n) is 7.07. The predicted octanol–water partition coefficient (Wildman–Crippen LogP) is 4.28. The third-order valence-corrected chi connectivity index (χ3v) is 6.03. The molecular formula is C19H18BrFN2O2. The number of anilines is 1. The number of nitrogens with one attached hydrogen (secondary N) is 1. The van der Waals surface area contributed by atoms with Crippen LogP contribution in [0.2, 0.25) is 0 Å². The van der Waals surface area contributed by atoms with Crippen molar-refractivity contribution in [1.29, 1.82) is 0 Å². The number of halogens is 2. The molecular weight excluding hydrogens is 387 g/mol. The molecule has 0 spiro atoms. The number of nitrogens with zero attached hydrogens (tertiary/aromatic N) is 1. The standard InChI is InChI=1S/C19H18BrFN2O2/c1-19-9-3-2-4-15(19)23-16(24)8-6-12(18(23)22-19)17(25)11-5-7-14(21)13(20)10-11/h5-8,10,15,22H,2-4,9H2,1H3/t15-,19+/m1/s1. The van der Waals surface area contributed by atoms with Crippen LogP contribution < -0.4 is 10.9 Å². The van der Waals surface area contributed by atoms with Crippen LogP contribution in [-0.4, -0.2) is 15.9 Å².